The maximum Gasteiger partial charge on any atom is 0.345 e. The molecular formula is C7H13N3OS. The van der Waals surface area contributed by atoms with Gasteiger partial charge in [-0.2, -0.15) is 16.9 Å². The summed E-state index contributed by atoms with van der Waals surface area (Å²) < 4.78 is 2.98. The van der Waals surface area contributed by atoms with Crippen molar-refractivity contribution in [1.29, 1.82) is 0 Å². The Morgan fingerprint density at radius 2 is 2.42 bits per heavy atom. The standard InChI is InChI=1S/C7H13N3OS/c1-9-6-8-10(7(9)11)4-3-5-12-2/h6H,3-5H2,1-2H3. The maximum atomic E-state index is 11.2. The molecule has 4 nitrogen and oxygen atoms in total. The van der Waals surface area contributed by atoms with Gasteiger partial charge in [-0.1, -0.05) is 0 Å². The lowest BCUT2D eigenvalue weighted by atomic mass is 10.5. The Balaban J connectivity index is 2.52. The lowest BCUT2D eigenvalue weighted by Gasteiger charge is -1.96. The van der Waals surface area contributed by atoms with Gasteiger partial charge in [-0.15, -0.1) is 0 Å². The third-order valence-electron chi connectivity index (χ3n) is 1.61. The average molecular weight is 187 g/mol. The summed E-state index contributed by atoms with van der Waals surface area (Å²) >= 11 is 1.78. The second-order valence-corrected chi connectivity index (χ2v) is 3.58. The lowest BCUT2D eigenvalue weighted by Crippen LogP contribution is -2.23. The fraction of sp³-hybridized carbons (Fsp3) is 0.714. The highest BCUT2D eigenvalue weighted by molar-refractivity contribution is 7.98. The van der Waals surface area contributed by atoms with Crippen molar-refractivity contribution in [3.8, 4) is 0 Å². The van der Waals surface area contributed by atoms with Crippen LogP contribution in [0.1, 0.15) is 6.42 Å². The molecule has 0 amide bonds. The fourth-order valence-electron chi connectivity index (χ4n) is 0.933. The Morgan fingerprint density at radius 1 is 1.67 bits per heavy atom. The van der Waals surface area contributed by atoms with Crippen LogP contribution in [0, 0.1) is 0 Å². The molecule has 1 heterocycles. The summed E-state index contributed by atoms with van der Waals surface area (Å²) in [6.45, 7) is 0.723. The molecule has 0 unspecified atom stereocenters. The minimum atomic E-state index is -0.0314. The predicted octanol–water partition coefficient (Wildman–Crippen LogP) is 0.335. The van der Waals surface area contributed by atoms with Crippen molar-refractivity contribution in [2.45, 2.75) is 13.0 Å². The maximum absolute atomic E-state index is 11.2. The van der Waals surface area contributed by atoms with Crippen LogP contribution in [0.25, 0.3) is 0 Å². The minimum Gasteiger partial charge on any atom is -0.285 e. The predicted molar refractivity (Wildman–Crippen MR) is 50.5 cm³/mol. The number of hydrogen-bond acceptors (Lipinski definition) is 3. The largest absolute Gasteiger partial charge is 0.345 e. The SMILES string of the molecule is CSCCCn1ncn(C)c1=O. The molecule has 0 atom stereocenters. The smallest absolute Gasteiger partial charge is 0.285 e. The van der Waals surface area contributed by atoms with Gasteiger partial charge in [-0.05, 0) is 18.4 Å². The highest BCUT2D eigenvalue weighted by atomic mass is 32.2. The van der Waals surface area contributed by atoms with Crippen LogP contribution >= 0.6 is 11.8 Å². The molecule has 0 saturated carbocycles. The topological polar surface area (TPSA) is 39.8 Å². The van der Waals surface area contributed by atoms with Gasteiger partial charge in [0.2, 0.25) is 0 Å². The van der Waals surface area contributed by atoms with Gasteiger partial charge < -0.3 is 0 Å². The van der Waals surface area contributed by atoms with Crippen molar-refractivity contribution in [3.63, 3.8) is 0 Å². The van der Waals surface area contributed by atoms with E-state index in [2.05, 4.69) is 11.4 Å². The first-order valence-corrected chi connectivity index (χ1v) is 5.22. The van der Waals surface area contributed by atoms with E-state index in [0.29, 0.717) is 0 Å². The zero-order valence-electron chi connectivity index (χ0n) is 7.36. The monoisotopic (exact) mass is 187 g/mol. The number of aromatic nitrogens is 3. The average Bonchev–Trinajstić information content (AvgIpc) is 2.36. The van der Waals surface area contributed by atoms with E-state index in [4.69, 9.17) is 0 Å². The van der Waals surface area contributed by atoms with Crippen LogP contribution in [-0.4, -0.2) is 26.4 Å². The molecule has 0 aromatic carbocycles. The lowest BCUT2D eigenvalue weighted by molar-refractivity contribution is 0.577. The Bertz CT molecular complexity index is 291. The molecule has 0 aliphatic heterocycles. The summed E-state index contributed by atoms with van der Waals surface area (Å²) in [4.78, 5) is 11.2. The first-order chi connectivity index (χ1) is 5.75. The molecule has 12 heavy (non-hydrogen) atoms. The van der Waals surface area contributed by atoms with Gasteiger partial charge in [-0.25, -0.2) is 9.48 Å². The first-order valence-electron chi connectivity index (χ1n) is 3.83. The molecule has 1 aromatic heterocycles. The molecule has 0 spiro atoms. The molecule has 0 fully saturated rings. The number of hydrogen-bond donors (Lipinski definition) is 0. The number of thioether (sulfide) groups is 1. The molecule has 0 aliphatic carbocycles. The summed E-state index contributed by atoms with van der Waals surface area (Å²) in [5.74, 6) is 1.07. The molecule has 1 aromatic rings. The van der Waals surface area contributed by atoms with Crippen molar-refractivity contribution in [1.82, 2.24) is 14.3 Å². The number of aryl methyl sites for hydroxylation is 2. The van der Waals surface area contributed by atoms with Crippen molar-refractivity contribution >= 4 is 11.8 Å². The van der Waals surface area contributed by atoms with Gasteiger partial charge in [0, 0.05) is 13.6 Å². The Kier molecular flexibility index (Phi) is 3.40. The third kappa shape index (κ3) is 2.14. The zero-order chi connectivity index (χ0) is 8.97. The van der Waals surface area contributed by atoms with Crippen molar-refractivity contribution in [2.24, 2.45) is 7.05 Å². The third-order valence-corrected chi connectivity index (χ3v) is 2.30. The number of nitrogens with zero attached hydrogens (tertiary/aromatic N) is 3. The molecule has 1 rings (SSSR count). The molecule has 0 bridgehead atoms. The van der Waals surface area contributed by atoms with E-state index in [1.165, 1.54) is 9.25 Å². The van der Waals surface area contributed by atoms with Gasteiger partial charge >= 0.3 is 5.69 Å². The summed E-state index contributed by atoms with van der Waals surface area (Å²) in [6, 6.07) is 0. The van der Waals surface area contributed by atoms with E-state index in [1.54, 1.807) is 25.1 Å². The normalized spacial score (nSPS) is 10.5. The van der Waals surface area contributed by atoms with Crippen LogP contribution in [0.5, 0.6) is 0 Å². The van der Waals surface area contributed by atoms with Gasteiger partial charge in [0.25, 0.3) is 0 Å². The molecule has 68 valence electrons. The van der Waals surface area contributed by atoms with E-state index >= 15 is 0 Å². The van der Waals surface area contributed by atoms with Crippen LogP contribution in [0.15, 0.2) is 11.1 Å². The summed E-state index contributed by atoms with van der Waals surface area (Å²) in [5, 5.41) is 3.94. The van der Waals surface area contributed by atoms with Crippen molar-refractivity contribution < 1.29 is 0 Å². The molecular weight excluding hydrogens is 174 g/mol. The summed E-state index contributed by atoms with van der Waals surface area (Å²) in [5.41, 5.74) is -0.0314. The van der Waals surface area contributed by atoms with E-state index in [1.807, 2.05) is 0 Å². The highest BCUT2D eigenvalue weighted by Crippen LogP contribution is 1.95. The van der Waals surface area contributed by atoms with Gasteiger partial charge in [0.1, 0.15) is 6.33 Å². The molecule has 0 saturated heterocycles. The molecule has 0 aliphatic rings. The van der Waals surface area contributed by atoms with Crippen LogP contribution in [0.2, 0.25) is 0 Å². The van der Waals surface area contributed by atoms with Crippen LogP contribution in [0.4, 0.5) is 0 Å². The van der Waals surface area contributed by atoms with Crippen LogP contribution < -0.4 is 5.69 Å². The number of rotatable bonds is 4. The Hall–Kier alpha value is -0.710. The highest BCUT2D eigenvalue weighted by Gasteiger charge is 1.99. The van der Waals surface area contributed by atoms with Crippen LogP contribution in [-0.2, 0) is 13.6 Å². The Morgan fingerprint density at radius 3 is 2.92 bits per heavy atom. The zero-order valence-corrected chi connectivity index (χ0v) is 8.17. The van der Waals surface area contributed by atoms with Gasteiger partial charge in [0.15, 0.2) is 0 Å². The molecule has 5 heteroatoms. The van der Waals surface area contributed by atoms with E-state index in [9.17, 15) is 4.79 Å². The van der Waals surface area contributed by atoms with Gasteiger partial charge in [-0.3, -0.25) is 4.57 Å². The molecule has 0 radical (unpaired) electrons. The van der Waals surface area contributed by atoms with E-state index in [0.717, 1.165) is 18.7 Å². The summed E-state index contributed by atoms with van der Waals surface area (Å²) in [6.07, 6.45) is 4.60. The van der Waals surface area contributed by atoms with Crippen molar-refractivity contribution in [2.75, 3.05) is 12.0 Å². The van der Waals surface area contributed by atoms with E-state index < -0.39 is 0 Å². The van der Waals surface area contributed by atoms with E-state index in [-0.39, 0.29) is 5.69 Å². The van der Waals surface area contributed by atoms with Crippen molar-refractivity contribution in [3.05, 3.63) is 16.8 Å². The molecule has 0 N–H and O–H groups in total. The second-order valence-electron chi connectivity index (χ2n) is 2.59. The first kappa shape index (κ1) is 9.38. The summed E-state index contributed by atoms with van der Waals surface area (Å²) in [7, 11) is 1.71. The Labute approximate surface area is 75.6 Å². The van der Waals surface area contributed by atoms with Crippen LogP contribution in [0.3, 0.4) is 0 Å². The van der Waals surface area contributed by atoms with Gasteiger partial charge in [0.05, 0.1) is 0 Å². The minimum absolute atomic E-state index is 0.0314. The quantitative estimate of drug-likeness (QED) is 0.638. The second kappa shape index (κ2) is 4.35. The fourth-order valence-corrected chi connectivity index (χ4v) is 1.35.